The van der Waals surface area contributed by atoms with E-state index in [1.54, 1.807) is 11.3 Å². The van der Waals surface area contributed by atoms with E-state index in [0.717, 1.165) is 21.0 Å². The van der Waals surface area contributed by atoms with Crippen molar-refractivity contribution in [1.29, 1.82) is 0 Å². The van der Waals surface area contributed by atoms with Crippen LogP contribution in [-0.4, -0.2) is 35.8 Å². The Morgan fingerprint density at radius 1 is 1.28 bits per heavy atom. The van der Waals surface area contributed by atoms with Crippen LogP contribution in [0.2, 0.25) is 0 Å². The monoisotopic (exact) mass is 303 g/mol. The van der Waals surface area contributed by atoms with Gasteiger partial charge >= 0.3 is 0 Å². The van der Waals surface area contributed by atoms with Crippen LogP contribution < -0.4 is 4.90 Å². The number of anilines is 1. The van der Waals surface area contributed by atoms with Crippen molar-refractivity contribution in [1.82, 2.24) is 10.2 Å². The summed E-state index contributed by atoms with van der Waals surface area (Å²) in [5.74, 6) is 2.14. The Kier molecular flexibility index (Phi) is 5.21. The Bertz CT molecular complexity index is 372. The van der Waals surface area contributed by atoms with Crippen molar-refractivity contribution in [2.75, 3.05) is 30.5 Å². The lowest BCUT2D eigenvalue weighted by atomic mass is 9.77. The van der Waals surface area contributed by atoms with Crippen molar-refractivity contribution in [2.45, 2.75) is 36.4 Å². The molecule has 1 aliphatic carbocycles. The Morgan fingerprint density at radius 3 is 2.56 bits per heavy atom. The summed E-state index contributed by atoms with van der Waals surface area (Å²) in [5, 5.41) is 9.42. The lowest BCUT2D eigenvalue weighted by molar-refractivity contribution is 0.259. The number of aromatic nitrogens is 2. The first kappa shape index (κ1) is 14.5. The molecule has 1 aliphatic rings. The molecular weight excluding hydrogens is 282 g/mol. The first-order valence-corrected chi connectivity index (χ1v) is 8.83. The Balaban J connectivity index is 1.92. The molecule has 102 valence electrons. The fourth-order valence-corrected chi connectivity index (χ4v) is 4.94. The summed E-state index contributed by atoms with van der Waals surface area (Å²) >= 11 is 8.12. The predicted molar refractivity (Wildman–Crippen MR) is 84.3 cm³/mol. The topological polar surface area (TPSA) is 29.0 Å². The molecule has 0 bridgehead atoms. The van der Waals surface area contributed by atoms with Gasteiger partial charge in [0.2, 0.25) is 5.13 Å². The van der Waals surface area contributed by atoms with Crippen molar-refractivity contribution in [3.05, 3.63) is 0 Å². The summed E-state index contributed by atoms with van der Waals surface area (Å²) in [6.07, 6.45) is 6.76. The second kappa shape index (κ2) is 6.48. The quantitative estimate of drug-likeness (QED) is 0.665. The zero-order chi connectivity index (χ0) is 13.0. The molecule has 1 aromatic heterocycles. The third kappa shape index (κ3) is 3.54. The molecule has 1 saturated carbocycles. The Morgan fingerprint density at radius 2 is 2.00 bits per heavy atom. The molecule has 18 heavy (non-hydrogen) atoms. The normalized spacial score (nSPS) is 18.8. The molecule has 0 unspecified atom stereocenters. The minimum absolute atomic E-state index is 0.427. The minimum Gasteiger partial charge on any atom is -0.353 e. The van der Waals surface area contributed by atoms with Crippen molar-refractivity contribution in [2.24, 2.45) is 5.41 Å². The van der Waals surface area contributed by atoms with Crippen LogP contribution in [0.5, 0.6) is 0 Å². The number of thioether (sulfide) groups is 1. The molecule has 0 atom stereocenters. The minimum atomic E-state index is 0.427. The molecule has 0 aliphatic heterocycles. The molecule has 1 fully saturated rings. The van der Waals surface area contributed by atoms with Crippen LogP contribution >= 0.6 is 35.7 Å². The molecule has 6 heteroatoms. The summed E-state index contributed by atoms with van der Waals surface area (Å²) in [6, 6.07) is 0. The standard InChI is InChI=1S/C12H21N3S3/c1-15(2)10-13-14-11(18-10)17-9-12(8-16)6-4-3-5-7-12/h16H,3-9H2,1-2H3. The summed E-state index contributed by atoms with van der Waals surface area (Å²) in [6.45, 7) is 0. The highest BCUT2D eigenvalue weighted by Crippen LogP contribution is 2.42. The van der Waals surface area contributed by atoms with Crippen molar-refractivity contribution in [3.63, 3.8) is 0 Å². The van der Waals surface area contributed by atoms with E-state index in [1.165, 1.54) is 32.1 Å². The predicted octanol–water partition coefficient (Wildman–Crippen LogP) is 3.58. The van der Waals surface area contributed by atoms with E-state index in [0.29, 0.717) is 5.41 Å². The zero-order valence-electron chi connectivity index (χ0n) is 11.1. The highest BCUT2D eigenvalue weighted by molar-refractivity contribution is 8.01. The van der Waals surface area contributed by atoms with Crippen molar-refractivity contribution < 1.29 is 0 Å². The zero-order valence-corrected chi connectivity index (χ0v) is 13.6. The van der Waals surface area contributed by atoms with Crippen LogP contribution in [0.25, 0.3) is 0 Å². The molecule has 3 nitrogen and oxygen atoms in total. The molecule has 0 aromatic carbocycles. The fourth-order valence-electron chi connectivity index (χ4n) is 2.31. The molecule has 2 rings (SSSR count). The molecule has 0 N–H and O–H groups in total. The van der Waals surface area contributed by atoms with Gasteiger partial charge in [0.05, 0.1) is 0 Å². The average molecular weight is 304 g/mol. The number of hydrogen-bond donors (Lipinski definition) is 1. The van der Waals surface area contributed by atoms with Gasteiger partial charge in [-0.25, -0.2) is 0 Å². The van der Waals surface area contributed by atoms with Crippen molar-refractivity contribution in [3.8, 4) is 0 Å². The van der Waals surface area contributed by atoms with Crippen LogP contribution in [0.3, 0.4) is 0 Å². The van der Waals surface area contributed by atoms with Crippen LogP contribution in [-0.2, 0) is 0 Å². The molecule has 0 amide bonds. The van der Waals surface area contributed by atoms with Gasteiger partial charge in [-0.15, -0.1) is 10.2 Å². The number of nitrogens with zero attached hydrogens (tertiary/aromatic N) is 3. The summed E-state index contributed by atoms with van der Waals surface area (Å²) in [4.78, 5) is 2.01. The van der Waals surface area contributed by atoms with Crippen LogP contribution in [0.4, 0.5) is 5.13 Å². The van der Waals surface area contributed by atoms with E-state index in [-0.39, 0.29) is 0 Å². The highest BCUT2D eigenvalue weighted by Gasteiger charge is 2.31. The molecule has 0 radical (unpaired) electrons. The number of hydrogen-bond acceptors (Lipinski definition) is 6. The fraction of sp³-hybridized carbons (Fsp3) is 0.833. The van der Waals surface area contributed by atoms with Gasteiger partial charge in [0.25, 0.3) is 0 Å². The number of thiol groups is 1. The van der Waals surface area contributed by atoms with Crippen LogP contribution in [0.15, 0.2) is 4.34 Å². The van der Waals surface area contributed by atoms with Gasteiger partial charge in [-0.3, -0.25) is 0 Å². The highest BCUT2D eigenvalue weighted by atomic mass is 32.2. The number of rotatable bonds is 5. The Hall–Kier alpha value is 0.0600. The first-order chi connectivity index (χ1) is 8.65. The second-order valence-corrected chi connectivity index (χ2v) is 7.75. The summed E-state index contributed by atoms with van der Waals surface area (Å²) in [7, 11) is 4.01. The maximum Gasteiger partial charge on any atom is 0.208 e. The lowest BCUT2D eigenvalue weighted by Crippen LogP contribution is -2.28. The molecule has 0 saturated heterocycles. The van der Waals surface area contributed by atoms with E-state index in [1.807, 2.05) is 30.8 Å². The average Bonchev–Trinajstić information content (AvgIpc) is 2.87. The van der Waals surface area contributed by atoms with Gasteiger partial charge in [-0.05, 0) is 24.0 Å². The van der Waals surface area contributed by atoms with Gasteiger partial charge in [0.15, 0.2) is 4.34 Å². The van der Waals surface area contributed by atoms with Gasteiger partial charge in [0, 0.05) is 19.8 Å². The van der Waals surface area contributed by atoms with Gasteiger partial charge in [0.1, 0.15) is 0 Å². The SMILES string of the molecule is CN(C)c1nnc(SCC2(CS)CCCCC2)s1. The second-order valence-electron chi connectivity index (χ2n) is 5.25. The molecule has 0 spiro atoms. The van der Waals surface area contributed by atoms with Gasteiger partial charge in [-0.2, -0.15) is 12.6 Å². The van der Waals surface area contributed by atoms with Gasteiger partial charge in [-0.1, -0.05) is 42.4 Å². The molecular formula is C12H21N3S3. The molecule has 1 heterocycles. The van der Waals surface area contributed by atoms with Crippen molar-refractivity contribution >= 4 is 40.9 Å². The third-order valence-corrected chi connectivity index (χ3v) is 6.78. The smallest absolute Gasteiger partial charge is 0.208 e. The maximum absolute atomic E-state index is 4.58. The first-order valence-electron chi connectivity index (χ1n) is 6.40. The Labute approximate surface area is 123 Å². The van der Waals surface area contributed by atoms with Gasteiger partial charge < -0.3 is 4.90 Å². The van der Waals surface area contributed by atoms with E-state index < -0.39 is 0 Å². The van der Waals surface area contributed by atoms with E-state index in [2.05, 4.69) is 22.8 Å². The van der Waals surface area contributed by atoms with E-state index >= 15 is 0 Å². The van der Waals surface area contributed by atoms with Crippen LogP contribution in [0, 0.1) is 5.41 Å². The summed E-state index contributed by atoms with van der Waals surface area (Å²) < 4.78 is 1.09. The lowest BCUT2D eigenvalue weighted by Gasteiger charge is -2.35. The third-order valence-electron chi connectivity index (χ3n) is 3.53. The van der Waals surface area contributed by atoms with E-state index in [9.17, 15) is 0 Å². The largest absolute Gasteiger partial charge is 0.353 e. The molecule has 1 aromatic rings. The maximum atomic E-state index is 4.58. The summed E-state index contributed by atoms with van der Waals surface area (Å²) in [5.41, 5.74) is 0.427. The van der Waals surface area contributed by atoms with Crippen LogP contribution in [0.1, 0.15) is 32.1 Å². The van der Waals surface area contributed by atoms with E-state index in [4.69, 9.17) is 0 Å².